The largest absolute Gasteiger partial charge is 0.345 e. The Kier molecular flexibility index (Phi) is 7.35. The van der Waals surface area contributed by atoms with Crippen LogP contribution in [0.4, 0.5) is 11.4 Å². The number of fused-ring (bicyclic) bond motifs is 1. The third-order valence-corrected chi connectivity index (χ3v) is 5.83. The number of benzene rings is 2. The second kappa shape index (κ2) is 10.6. The average molecular weight is 515 g/mol. The molecule has 0 saturated heterocycles. The van der Waals surface area contributed by atoms with Crippen LogP contribution in [0.3, 0.4) is 0 Å². The van der Waals surface area contributed by atoms with Crippen molar-refractivity contribution in [1.82, 2.24) is 20.7 Å². The van der Waals surface area contributed by atoms with E-state index < -0.39 is 0 Å². The van der Waals surface area contributed by atoms with Gasteiger partial charge in [0.05, 0.1) is 6.54 Å². The van der Waals surface area contributed by atoms with Crippen LogP contribution < -0.4 is 27.7 Å². The van der Waals surface area contributed by atoms with E-state index in [2.05, 4.69) is 31.9 Å². The summed E-state index contributed by atoms with van der Waals surface area (Å²) in [6.07, 6.45) is 5.56. The van der Waals surface area contributed by atoms with Gasteiger partial charge in [-0.2, -0.15) is 5.84 Å². The second-order valence-corrected chi connectivity index (χ2v) is 8.58. The lowest BCUT2D eigenvalue weighted by Crippen LogP contribution is -2.65. The van der Waals surface area contributed by atoms with Crippen LogP contribution in [0.1, 0.15) is 23.4 Å². The minimum absolute atomic E-state index is 0.00988. The molecule has 180 valence electrons. The summed E-state index contributed by atoms with van der Waals surface area (Å²) in [6, 6.07) is 10.8. The molecule has 0 unspecified atom stereocenters. The highest BCUT2D eigenvalue weighted by atomic mass is 35.5. The number of anilines is 1. The molecule has 0 fully saturated rings. The first-order chi connectivity index (χ1) is 16.8. The van der Waals surface area contributed by atoms with Crippen molar-refractivity contribution in [2.45, 2.75) is 19.4 Å². The summed E-state index contributed by atoms with van der Waals surface area (Å²) in [6.45, 7) is 0.147. The van der Waals surface area contributed by atoms with Crippen molar-refractivity contribution in [1.29, 1.82) is 0 Å². The number of carbonyl (C=O) groups is 2. The monoisotopic (exact) mass is 514 g/mol. The SMILES string of the molecule is N[N+](=CN[NH3+])c1ccc(Cl)cc1C=CC(=O)NCc1nc(-c2ccc3c(c2)CCC(=O)N3)c(Cl)[nH]1. The van der Waals surface area contributed by atoms with Crippen LogP contribution in [0.2, 0.25) is 10.2 Å². The third kappa shape index (κ3) is 5.80. The molecular weight excluding hydrogens is 491 g/mol. The highest BCUT2D eigenvalue weighted by Gasteiger charge is 2.18. The van der Waals surface area contributed by atoms with Crippen molar-refractivity contribution in [3.8, 4) is 11.3 Å². The van der Waals surface area contributed by atoms with Crippen molar-refractivity contribution >= 4 is 58.8 Å². The fraction of sp³-hybridized carbons (Fsp3) is 0.130. The van der Waals surface area contributed by atoms with E-state index in [-0.39, 0.29) is 18.4 Å². The van der Waals surface area contributed by atoms with Crippen molar-refractivity contribution in [2.24, 2.45) is 5.84 Å². The van der Waals surface area contributed by atoms with Crippen LogP contribution in [0.5, 0.6) is 0 Å². The van der Waals surface area contributed by atoms with Gasteiger partial charge in [-0.1, -0.05) is 29.3 Å². The zero-order valence-corrected chi connectivity index (χ0v) is 20.1. The standard InChI is InChI=1S/C23H22Cl2N8O2/c24-16-4-6-18(33(27)12-29-26)14(10-16)3-7-20(34)28-11-19-31-22(23(25)32-19)15-1-5-17-13(9-15)2-8-21(35)30-17/h1,3-7,9-10,12H,2,8,11,26-27H2,(H3,28,30,31,32,34,35)/p+2. The number of hydrazine groups is 1. The summed E-state index contributed by atoms with van der Waals surface area (Å²) in [5.74, 6) is 9.65. The van der Waals surface area contributed by atoms with Gasteiger partial charge in [-0.15, -0.1) is 10.1 Å². The molecule has 3 aromatic rings. The summed E-state index contributed by atoms with van der Waals surface area (Å²) in [5, 5.41) is 6.50. The molecular formula is C23H24Cl2N8O2+2. The molecule has 1 aliphatic heterocycles. The number of halogens is 2. The number of imidazole rings is 1. The van der Waals surface area contributed by atoms with Crippen molar-refractivity contribution < 1.29 is 20.1 Å². The Morgan fingerprint density at radius 1 is 1.23 bits per heavy atom. The third-order valence-electron chi connectivity index (χ3n) is 5.33. The number of rotatable bonds is 7. The Morgan fingerprint density at radius 2 is 2.06 bits per heavy atom. The summed E-state index contributed by atoms with van der Waals surface area (Å²) in [7, 11) is 0. The number of nitrogens with two attached hydrogens (primary N) is 1. The van der Waals surface area contributed by atoms with Crippen molar-refractivity contribution in [3.05, 3.63) is 69.6 Å². The molecule has 1 aromatic heterocycles. The van der Waals surface area contributed by atoms with Gasteiger partial charge in [0.15, 0.2) is 5.69 Å². The predicted octanol–water partition coefficient (Wildman–Crippen LogP) is 1.89. The molecule has 10 nitrogen and oxygen atoms in total. The Hall–Kier alpha value is -3.86. The van der Waals surface area contributed by atoms with Gasteiger partial charge >= 0.3 is 6.34 Å². The van der Waals surface area contributed by atoms with Gasteiger partial charge in [0.1, 0.15) is 16.7 Å². The van der Waals surface area contributed by atoms with Gasteiger partial charge in [0.25, 0.3) is 0 Å². The van der Waals surface area contributed by atoms with E-state index in [1.807, 2.05) is 18.2 Å². The lowest BCUT2D eigenvalue weighted by atomic mass is 9.99. The molecule has 4 rings (SSSR count). The normalized spacial score (nSPS) is 13.5. The highest BCUT2D eigenvalue weighted by molar-refractivity contribution is 6.32. The first kappa shape index (κ1) is 24.3. The van der Waals surface area contributed by atoms with Crippen LogP contribution >= 0.6 is 23.2 Å². The minimum atomic E-state index is -0.336. The number of hydrogen-bond acceptors (Lipinski definition) is 4. The molecule has 35 heavy (non-hydrogen) atoms. The molecule has 0 spiro atoms. The number of aromatic amines is 1. The van der Waals surface area contributed by atoms with Crippen molar-refractivity contribution in [2.75, 3.05) is 5.32 Å². The summed E-state index contributed by atoms with van der Waals surface area (Å²) >= 11 is 12.5. The van der Waals surface area contributed by atoms with Crippen LogP contribution in [0.15, 0.2) is 42.5 Å². The molecule has 0 saturated carbocycles. The smallest absolute Gasteiger partial charge is 0.309 e. The van der Waals surface area contributed by atoms with Gasteiger partial charge in [0.2, 0.25) is 11.8 Å². The van der Waals surface area contributed by atoms with Crippen molar-refractivity contribution in [3.63, 3.8) is 0 Å². The second-order valence-electron chi connectivity index (χ2n) is 7.76. The lowest BCUT2D eigenvalue weighted by molar-refractivity contribution is -0.478. The quantitative estimate of drug-likeness (QED) is 0.0708. The number of hydrazone groups is 1. The molecule has 0 radical (unpaired) electrons. The van der Waals surface area contributed by atoms with Gasteiger partial charge in [-0.05, 0) is 48.4 Å². The number of aromatic nitrogens is 2. The first-order valence-electron chi connectivity index (χ1n) is 10.7. The fourth-order valence-corrected chi connectivity index (χ4v) is 4.10. The number of nitrogens with zero attached hydrogens (tertiary/aromatic N) is 2. The van der Waals surface area contributed by atoms with E-state index in [9.17, 15) is 9.59 Å². The van der Waals surface area contributed by atoms with Gasteiger partial charge < -0.3 is 15.6 Å². The van der Waals surface area contributed by atoms with Crippen LogP contribution in [0.25, 0.3) is 17.3 Å². The topological polar surface area (TPSA) is 156 Å². The zero-order chi connectivity index (χ0) is 24.9. The van der Waals surface area contributed by atoms with E-state index in [0.717, 1.165) is 16.8 Å². The summed E-state index contributed by atoms with van der Waals surface area (Å²) in [4.78, 5) is 31.5. The van der Waals surface area contributed by atoms with E-state index in [0.29, 0.717) is 45.8 Å². The number of H-pyrrole nitrogens is 1. The number of amides is 2. The van der Waals surface area contributed by atoms with Gasteiger partial charge in [-0.3, -0.25) is 15.4 Å². The number of hydrogen-bond donors (Lipinski definition) is 6. The number of nitrogens with one attached hydrogen (secondary N) is 4. The average Bonchev–Trinajstić information content (AvgIpc) is 3.21. The molecule has 0 atom stereocenters. The number of aryl methyl sites for hydroxylation is 1. The Labute approximate surface area is 211 Å². The molecule has 1 aliphatic rings. The molecule has 2 amide bonds. The Balaban J connectivity index is 1.43. The summed E-state index contributed by atoms with van der Waals surface area (Å²) in [5.41, 5.74) is 7.11. The molecule has 0 aliphatic carbocycles. The molecule has 2 heterocycles. The molecule has 12 heteroatoms. The first-order valence-corrected chi connectivity index (χ1v) is 11.4. The maximum atomic E-state index is 12.4. The van der Waals surface area contributed by atoms with E-state index in [1.165, 1.54) is 17.1 Å². The summed E-state index contributed by atoms with van der Waals surface area (Å²) < 4.78 is 1.34. The molecule has 9 N–H and O–H groups in total. The Bertz CT molecular complexity index is 1350. The maximum Gasteiger partial charge on any atom is 0.309 e. The number of carbonyl (C=O) groups excluding carboxylic acids is 2. The fourth-order valence-electron chi connectivity index (χ4n) is 3.66. The zero-order valence-electron chi connectivity index (χ0n) is 18.6. The lowest BCUT2D eigenvalue weighted by Gasteiger charge is -2.17. The van der Waals surface area contributed by atoms with Gasteiger partial charge in [-0.25, -0.2) is 4.98 Å². The minimum Gasteiger partial charge on any atom is -0.345 e. The van der Waals surface area contributed by atoms with Gasteiger partial charge in [0, 0.05) is 34.3 Å². The molecule has 0 bridgehead atoms. The van der Waals surface area contributed by atoms with Crippen LogP contribution in [-0.2, 0) is 22.6 Å². The van der Waals surface area contributed by atoms with E-state index in [4.69, 9.17) is 29.0 Å². The highest BCUT2D eigenvalue weighted by Crippen LogP contribution is 2.31. The van der Waals surface area contributed by atoms with Crippen LogP contribution in [0, 0.1) is 0 Å². The maximum absolute atomic E-state index is 12.4. The van der Waals surface area contributed by atoms with E-state index >= 15 is 0 Å². The predicted molar refractivity (Wildman–Crippen MR) is 135 cm³/mol. The molecule has 2 aromatic carbocycles. The number of quaternary nitrogens is 1. The van der Waals surface area contributed by atoms with Crippen LogP contribution in [-0.4, -0.2) is 32.8 Å². The van der Waals surface area contributed by atoms with E-state index in [1.54, 1.807) is 24.3 Å². The Morgan fingerprint density at radius 3 is 2.86 bits per heavy atom.